The maximum atomic E-state index is 13.3. The number of hydrogen-bond donors (Lipinski definition) is 3. The molecule has 164 valence electrons. The standard InChI is InChI=1S/C23H35N5O2/c1-7-14-25-19-18(15-26-28(19)22(4,5)6)20(29)27-23(9-3,21(24)30)17-12-10-16(8-2)11-13-17/h10-13,15,25H,7-9,14H2,1-6H3,(H2,24,30)(H,27,29). The number of primary amides is 1. The normalized spacial score (nSPS) is 13.5. The Morgan fingerprint density at radius 2 is 1.73 bits per heavy atom. The Morgan fingerprint density at radius 3 is 2.20 bits per heavy atom. The first kappa shape index (κ1) is 23.4. The summed E-state index contributed by atoms with van der Waals surface area (Å²) in [6.45, 7) is 12.7. The van der Waals surface area contributed by atoms with Crippen LogP contribution in [0.4, 0.5) is 5.82 Å². The second-order valence-corrected chi connectivity index (χ2v) is 8.54. The van der Waals surface area contributed by atoms with E-state index in [0.717, 1.165) is 18.4 Å². The Morgan fingerprint density at radius 1 is 1.10 bits per heavy atom. The Labute approximate surface area is 179 Å². The number of benzene rings is 1. The summed E-state index contributed by atoms with van der Waals surface area (Å²) in [7, 11) is 0. The van der Waals surface area contributed by atoms with Gasteiger partial charge in [-0.25, -0.2) is 4.68 Å². The van der Waals surface area contributed by atoms with Crippen LogP contribution in [0.25, 0.3) is 0 Å². The lowest BCUT2D eigenvalue weighted by atomic mass is 9.85. The van der Waals surface area contributed by atoms with Crippen molar-refractivity contribution in [2.24, 2.45) is 5.73 Å². The van der Waals surface area contributed by atoms with Crippen molar-refractivity contribution in [3.8, 4) is 0 Å². The van der Waals surface area contributed by atoms with E-state index in [1.165, 1.54) is 0 Å². The molecule has 1 heterocycles. The van der Waals surface area contributed by atoms with Crippen molar-refractivity contribution in [3.05, 3.63) is 47.2 Å². The second kappa shape index (κ2) is 9.32. The van der Waals surface area contributed by atoms with Gasteiger partial charge in [0, 0.05) is 6.54 Å². The summed E-state index contributed by atoms with van der Waals surface area (Å²) in [5.41, 5.74) is 6.42. The van der Waals surface area contributed by atoms with Crippen LogP contribution in [0.1, 0.15) is 75.9 Å². The van der Waals surface area contributed by atoms with E-state index in [0.29, 0.717) is 29.9 Å². The van der Waals surface area contributed by atoms with Gasteiger partial charge in [-0.15, -0.1) is 0 Å². The zero-order valence-electron chi connectivity index (χ0n) is 19.0. The molecule has 0 spiro atoms. The monoisotopic (exact) mass is 413 g/mol. The fourth-order valence-electron chi connectivity index (χ4n) is 3.47. The SMILES string of the molecule is CCCNc1c(C(=O)NC(CC)(C(N)=O)c2ccc(CC)cc2)cnn1C(C)(C)C. The molecule has 1 unspecified atom stereocenters. The number of carbonyl (C=O) groups is 2. The third kappa shape index (κ3) is 4.66. The van der Waals surface area contributed by atoms with Gasteiger partial charge in [-0.05, 0) is 51.2 Å². The number of anilines is 1. The largest absolute Gasteiger partial charge is 0.370 e. The first-order valence-corrected chi connectivity index (χ1v) is 10.6. The first-order chi connectivity index (χ1) is 14.1. The first-order valence-electron chi connectivity index (χ1n) is 10.6. The zero-order chi connectivity index (χ0) is 22.5. The van der Waals surface area contributed by atoms with Gasteiger partial charge >= 0.3 is 0 Å². The molecule has 0 saturated carbocycles. The van der Waals surface area contributed by atoms with Crippen molar-refractivity contribution in [1.29, 1.82) is 0 Å². The molecule has 0 bridgehead atoms. The Bertz CT molecular complexity index is 880. The highest BCUT2D eigenvalue weighted by atomic mass is 16.2. The van der Waals surface area contributed by atoms with Gasteiger partial charge in [-0.3, -0.25) is 9.59 Å². The smallest absolute Gasteiger partial charge is 0.257 e. The van der Waals surface area contributed by atoms with Crippen molar-refractivity contribution in [1.82, 2.24) is 15.1 Å². The third-order valence-corrected chi connectivity index (χ3v) is 5.32. The van der Waals surface area contributed by atoms with Gasteiger partial charge < -0.3 is 16.4 Å². The average Bonchev–Trinajstić information content (AvgIpc) is 3.14. The van der Waals surface area contributed by atoms with E-state index >= 15 is 0 Å². The molecule has 0 aliphatic rings. The molecule has 4 N–H and O–H groups in total. The molecule has 0 radical (unpaired) electrons. The summed E-state index contributed by atoms with van der Waals surface area (Å²) < 4.78 is 1.80. The molecule has 1 aromatic carbocycles. The summed E-state index contributed by atoms with van der Waals surface area (Å²) in [5.74, 6) is -0.337. The van der Waals surface area contributed by atoms with Crippen molar-refractivity contribution in [2.45, 2.75) is 71.9 Å². The number of amides is 2. The fourth-order valence-corrected chi connectivity index (χ4v) is 3.47. The zero-order valence-corrected chi connectivity index (χ0v) is 19.0. The van der Waals surface area contributed by atoms with Crippen LogP contribution in [0.5, 0.6) is 0 Å². The minimum Gasteiger partial charge on any atom is -0.370 e. The summed E-state index contributed by atoms with van der Waals surface area (Å²) in [6, 6.07) is 7.64. The van der Waals surface area contributed by atoms with E-state index in [1.807, 2.05) is 52.0 Å². The van der Waals surface area contributed by atoms with E-state index in [4.69, 9.17) is 5.73 Å². The van der Waals surface area contributed by atoms with Crippen LogP contribution in [0.15, 0.2) is 30.5 Å². The molecular weight excluding hydrogens is 378 g/mol. The summed E-state index contributed by atoms with van der Waals surface area (Å²) in [4.78, 5) is 25.9. The molecule has 7 heteroatoms. The van der Waals surface area contributed by atoms with Gasteiger partial charge in [-0.2, -0.15) is 5.10 Å². The molecule has 1 atom stereocenters. The lowest BCUT2D eigenvalue weighted by molar-refractivity contribution is -0.124. The van der Waals surface area contributed by atoms with Crippen molar-refractivity contribution in [2.75, 3.05) is 11.9 Å². The van der Waals surface area contributed by atoms with Crippen LogP contribution in [-0.4, -0.2) is 28.1 Å². The maximum absolute atomic E-state index is 13.3. The second-order valence-electron chi connectivity index (χ2n) is 8.54. The van der Waals surface area contributed by atoms with Crippen molar-refractivity contribution < 1.29 is 9.59 Å². The van der Waals surface area contributed by atoms with Crippen molar-refractivity contribution >= 4 is 17.6 Å². The van der Waals surface area contributed by atoms with Gasteiger partial charge in [0.05, 0.1) is 11.7 Å². The molecule has 0 aliphatic carbocycles. The van der Waals surface area contributed by atoms with Crippen molar-refractivity contribution in [3.63, 3.8) is 0 Å². The van der Waals surface area contributed by atoms with Gasteiger partial charge in [-0.1, -0.05) is 45.0 Å². The van der Waals surface area contributed by atoms with E-state index < -0.39 is 11.4 Å². The molecule has 2 rings (SSSR count). The van der Waals surface area contributed by atoms with Gasteiger partial charge in [0.2, 0.25) is 5.91 Å². The number of hydrogen-bond acceptors (Lipinski definition) is 4. The minimum absolute atomic E-state index is 0.309. The third-order valence-electron chi connectivity index (χ3n) is 5.32. The van der Waals surface area contributed by atoms with Crippen LogP contribution >= 0.6 is 0 Å². The predicted octanol–water partition coefficient (Wildman–Crippen LogP) is 3.54. The molecule has 0 aliphatic heterocycles. The highest BCUT2D eigenvalue weighted by Crippen LogP contribution is 2.29. The van der Waals surface area contributed by atoms with E-state index in [9.17, 15) is 9.59 Å². The lowest BCUT2D eigenvalue weighted by Gasteiger charge is -2.31. The van der Waals surface area contributed by atoms with Crippen LogP contribution < -0.4 is 16.4 Å². The fraction of sp³-hybridized carbons (Fsp3) is 0.522. The molecular formula is C23H35N5O2. The lowest BCUT2D eigenvalue weighted by Crippen LogP contribution is -2.54. The number of rotatable bonds is 9. The molecule has 2 aromatic rings. The topological polar surface area (TPSA) is 102 Å². The van der Waals surface area contributed by atoms with Gasteiger partial charge in [0.1, 0.15) is 16.9 Å². The number of carbonyl (C=O) groups excluding carboxylic acids is 2. The van der Waals surface area contributed by atoms with E-state index in [1.54, 1.807) is 10.9 Å². The summed E-state index contributed by atoms with van der Waals surface area (Å²) >= 11 is 0. The molecule has 30 heavy (non-hydrogen) atoms. The maximum Gasteiger partial charge on any atom is 0.257 e. The van der Waals surface area contributed by atoms with Crippen LogP contribution in [-0.2, 0) is 22.3 Å². The summed E-state index contributed by atoms with van der Waals surface area (Å²) in [6.07, 6.45) is 3.67. The van der Waals surface area contributed by atoms with Gasteiger partial charge in [0.15, 0.2) is 0 Å². The number of nitrogens with zero attached hydrogens (tertiary/aromatic N) is 2. The molecule has 0 saturated heterocycles. The number of nitrogens with one attached hydrogen (secondary N) is 2. The van der Waals surface area contributed by atoms with Crippen LogP contribution in [0, 0.1) is 0 Å². The Balaban J connectivity index is 2.47. The van der Waals surface area contributed by atoms with E-state index in [-0.39, 0.29) is 11.4 Å². The minimum atomic E-state index is -1.30. The average molecular weight is 414 g/mol. The number of nitrogens with two attached hydrogens (primary N) is 1. The molecule has 7 nitrogen and oxygen atoms in total. The highest BCUT2D eigenvalue weighted by Gasteiger charge is 2.39. The molecule has 1 aromatic heterocycles. The Hall–Kier alpha value is -2.83. The van der Waals surface area contributed by atoms with Crippen LogP contribution in [0.2, 0.25) is 0 Å². The Kier molecular flexibility index (Phi) is 7.29. The molecule has 2 amide bonds. The van der Waals surface area contributed by atoms with E-state index in [2.05, 4.69) is 29.6 Å². The molecule has 0 fully saturated rings. The predicted molar refractivity (Wildman–Crippen MR) is 120 cm³/mol. The highest BCUT2D eigenvalue weighted by molar-refractivity contribution is 6.02. The number of aryl methyl sites for hydroxylation is 1. The van der Waals surface area contributed by atoms with Crippen LogP contribution in [0.3, 0.4) is 0 Å². The van der Waals surface area contributed by atoms with Gasteiger partial charge in [0.25, 0.3) is 5.91 Å². The quantitative estimate of drug-likeness (QED) is 0.585. The summed E-state index contributed by atoms with van der Waals surface area (Å²) in [5, 5.41) is 10.7. The number of aromatic nitrogens is 2.